The molecular weight excluding hydrogens is 502 g/mol. The molecule has 0 bridgehead atoms. The number of nitrogens with zero attached hydrogens (tertiary/aromatic N) is 3. The summed E-state index contributed by atoms with van der Waals surface area (Å²) in [5.41, 5.74) is 1.78. The first kappa shape index (κ1) is 28.0. The number of amides is 1. The van der Waals surface area contributed by atoms with Crippen LogP contribution in [0.1, 0.15) is 62.4 Å². The lowest BCUT2D eigenvalue weighted by molar-refractivity contribution is 0.0594. The lowest BCUT2D eigenvalue weighted by Gasteiger charge is -2.39. The zero-order valence-electron chi connectivity index (χ0n) is 24.0. The number of likely N-dealkylation sites (tertiary alicyclic amines) is 1. The number of para-hydroxylation sites is 2. The van der Waals surface area contributed by atoms with Crippen LogP contribution >= 0.6 is 0 Å². The van der Waals surface area contributed by atoms with E-state index >= 15 is 0 Å². The highest BCUT2D eigenvalue weighted by atomic mass is 16.5. The van der Waals surface area contributed by atoms with Gasteiger partial charge in [-0.25, -0.2) is 4.98 Å². The van der Waals surface area contributed by atoms with E-state index in [2.05, 4.69) is 29.8 Å². The van der Waals surface area contributed by atoms with Gasteiger partial charge in [-0.3, -0.25) is 9.69 Å². The maximum Gasteiger partial charge on any atom is 0.253 e. The summed E-state index contributed by atoms with van der Waals surface area (Å²) in [6.07, 6.45) is 5.77. The lowest BCUT2D eigenvalue weighted by Crippen LogP contribution is -2.47. The number of rotatable bonds is 4. The van der Waals surface area contributed by atoms with E-state index in [1.807, 2.05) is 66.4 Å². The van der Waals surface area contributed by atoms with Crippen molar-refractivity contribution >= 4 is 5.91 Å². The minimum absolute atomic E-state index is 0.0315. The van der Waals surface area contributed by atoms with Crippen LogP contribution in [0.2, 0.25) is 0 Å². The topological polar surface area (TPSA) is 64.1 Å². The molecule has 0 saturated carbocycles. The number of ether oxygens (including phenoxy) is 3. The van der Waals surface area contributed by atoms with Gasteiger partial charge >= 0.3 is 0 Å². The Kier molecular flexibility index (Phi) is 8.90. The van der Waals surface area contributed by atoms with Crippen molar-refractivity contribution in [2.75, 3.05) is 32.8 Å². The monoisotopic (exact) mass is 543 g/mol. The van der Waals surface area contributed by atoms with Crippen LogP contribution in [0, 0.1) is 5.41 Å². The van der Waals surface area contributed by atoms with Gasteiger partial charge < -0.3 is 19.1 Å². The molecule has 40 heavy (non-hydrogen) atoms. The molecule has 2 aromatic carbocycles. The molecular formula is C33H41N3O4. The molecule has 2 aliphatic rings. The summed E-state index contributed by atoms with van der Waals surface area (Å²) in [6.45, 7) is 10.9. The van der Waals surface area contributed by atoms with E-state index in [0.717, 1.165) is 68.9 Å². The van der Waals surface area contributed by atoms with Gasteiger partial charge in [0.2, 0.25) is 5.88 Å². The van der Waals surface area contributed by atoms with Gasteiger partial charge in [-0.2, -0.15) is 0 Å². The summed E-state index contributed by atoms with van der Waals surface area (Å²) in [6, 6.07) is 19.8. The number of piperidine rings is 1. The van der Waals surface area contributed by atoms with Crippen molar-refractivity contribution in [1.82, 2.24) is 14.8 Å². The van der Waals surface area contributed by atoms with Crippen LogP contribution in [-0.4, -0.2) is 59.6 Å². The molecule has 0 radical (unpaired) electrons. The Labute approximate surface area is 238 Å². The van der Waals surface area contributed by atoms with E-state index in [9.17, 15) is 4.79 Å². The van der Waals surface area contributed by atoms with Crippen molar-refractivity contribution in [3.05, 3.63) is 78.0 Å². The number of fused-ring (bicyclic) bond motifs is 2. The maximum atomic E-state index is 13.3. The van der Waals surface area contributed by atoms with E-state index in [4.69, 9.17) is 14.2 Å². The summed E-state index contributed by atoms with van der Waals surface area (Å²) in [7, 11) is 0. The normalized spacial score (nSPS) is 18.5. The van der Waals surface area contributed by atoms with E-state index < -0.39 is 0 Å². The Balaban J connectivity index is 1.32. The molecule has 0 atom stereocenters. The number of pyridine rings is 1. The number of aromatic nitrogens is 1. The molecule has 7 heteroatoms. The van der Waals surface area contributed by atoms with Crippen molar-refractivity contribution < 1.29 is 19.0 Å². The quantitative estimate of drug-likeness (QED) is 0.371. The summed E-state index contributed by atoms with van der Waals surface area (Å²) in [4.78, 5) is 22.4. The second-order valence-electron chi connectivity index (χ2n) is 11.5. The predicted octanol–water partition coefficient (Wildman–Crippen LogP) is 6.58. The molecule has 1 amide bonds. The molecule has 0 aliphatic carbocycles. The fraction of sp³-hybridized carbons (Fsp3) is 0.455. The zero-order valence-corrected chi connectivity index (χ0v) is 24.0. The van der Waals surface area contributed by atoms with Crippen molar-refractivity contribution in [3.8, 4) is 23.1 Å². The van der Waals surface area contributed by atoms with Gasteiger partial charge in [-0.15, -0.1) is 0 Å². The van der Waals surface area contributed by atoms with Crippen LogP contribution in [0.5, 0.6) is 23.1 Å². The Morgan fingerprint density at radius 1 is 1.02 bits per heavy atom. The second-order valence-corrected chi connectivity index (χ2v) is 11.5. The Hall–Kier alpha value is -3.58. The molecule has 1 fully saturated rings. The van der Waals surface area contributed by atoms with Crippen LogP contribution in [-0.2, 0) is 6.54 Å². The number of carbonyl (C=O) groups is 1. The third kappa shape index (κ3) is 6.94. The lowest BCUT2D eigenvalue weighted by atomic mass is 9.88. The Morgan fingerprint density at radius 3 is 2.62 bits per heavy atom. The van der Waals surface area contributed by atoms with Crippen LogP contribution < -0.4 is 14.2 Å². The van der Waals surface area contributed by atoms with Crippen LogP contribution in [0.4, 0.5) is 0 Å². The summed E-state index contributed by atoms with van der Waals surface area (Å²) in [5, 5.41) is 0. The number of hydrogen-bond acceptors (Lipinski definition) is 6. The minimum Gasteiger partial charge on any atom is -0.494 e. The first-order valence-electron chi connectivity index (χ1n) is 14.5. The van der Waals surface area contributed by atoms with Gasteiger partial charge in [0, 0.05) is 43.0 Å². The van der Waals surface area contributed by atoms with E-state index in [-0.39, 0.29) is 11.3 Å². The predicted molar refractivity (Wildman–Crippen MR) is 156 cm³/mol. The molecule has 3 aromatic rings. The first-order valence-corrected chi connectivity index (χ1v) is 14.5. The van der Waals surface area contributed by atoms with Gasteiger partial charge in [0.05, 0.1) is 13.2 Å². The average Bonchev–Trinajstić information content (AvgIpc) is 2.98. The highest BCUT2D eigenvalue weighted by Crippen LogP contribution is 2.35. The number of hydrogen-bond donors (Lipinski definition) is 0. The Bertz CT molecular complexity index is 1290. The summed E-state index contributed by atoms with van der Waals surface area (Å²) in [5.74, 6) is 2.86. The molecule has 1 saturated heterocycles. The fourth-order valence-electron chi connectivity index (χ4n) is 5.61. The smallest absolute Gasteiger partial charge is 0.253 e. The van der Waals surface area contributed by atoms with E-state index in [1.54, 1.807) is 6.20 Å². The highest BCUT2D eigenvalue weighted by Gasteiger charge is 2.29. The van der Waals surface area contributed by atoms with Gasteiger partial charge in [0.1, 0.15) is 5.75 Å². The first-order chi connectivity index (χ1) is 19.4. The van der Waals surface area contributed by atoms with E-state index in [0.29, 0.717) is 36.4 Å². The molecule has 1 aromatic heterocycles. The van der Waals surface area contributed by atoms with Crippen molar-refractivity contribution in [1.29, 1.82) is 0 Å². The molecule has 7 nitrogen and oxygen atoms in total. The molecule has 5 rings (SSSR count). The van der Waals surface area contributed by atoms with Crippen LogP contribution in [0.15, 0.2) is 66.9 Å². The maximum absolute atomic E-state index is 13.3. The molecule has 2 aliphatic heterocycles. The van der Waals surface area contributed by atoms with E-state index in [1.165, 1.54) is 0 Å². The standard InChI is InChI=1S/C33H41N3O4/c1-4-38-28-12-7-10-25(22-28)32(37)35-20-15-27(16-21-35)36-19-9-17-33(2,3)24-39-29-13-5-6-14-30(29)40-31-26(23-36)11-8-18-34-31/h5-8,10-14,18,22,27H,4,9,15-17,19-21,23-24H2,1-3H3. The molecule has 0 N–H and O–H groups in total. The number of benzene rings is 2. The van der Waals surface area contributed by atoms with Crippen molar-refractivity contribution in [2.45, 2.75) is 59.0 Å². The van der Waals surface area contributed by atoms with Crippen molar-refractivity contribution in [3.63, 3.8) is 0 Å². The largest absolute Gasteiger partial charge is 0.494 e. The molecule has 3 heterocycles. The van der Waals surface area contributed by atoms with Gasteiger partial charge in [-0.1, -0.05) is 38.1 Å². The Morgan fingerprint density at radius 2 is 1.82 bits per heavy atom. The summed E-state index contributed by atoms with van der Waals surface area (Å²) >= 11 is 0. The van der Waals surface area contributed by atoms with Gasteiger partial charge in [-0.05, 0) is 81.0 Å². The van der Waals surface area contributed by atoms with Gasteiger partial charge in [0.25, 0.3) is 5.91 Å². The average molecular weight is 544 g/mol. The third-order valence-electron chi connectivity index (χ3n) is 7.86. The van der Waals surface area contributed by atoms with Crippen LogP contribution in [0.25, 0.3) is 0 Å². The zero-order chi connectivity index (χ0) is 28.0. The molecule has 212 valence electrons. The third-order valence-corrected chi connectivity index (χ3v) is 7.86. The SMILES string of the molecule is CCOc1cccc(C(=O)N2CCC(N3CCCC(C)(C)COc4ccccc4Oc4ncccc4C3)CC2)c1. The fourth-order valence-corrected chi connectivity index (χ4v) is 5.61. The highest BCUT2D eigenvalue weighted by molar-refractivity contribution is 5.94. The van der Waals surface area contributed by atoms with Crippen molar-refractivity contribution in [2.24, 2.45) is 5.41 Å². The second kappa shape index (κ2) is 12.7. The van der Waals surface area contributed by atoms with Crippen LogP contribution in [0.3, 0.4) is 0 Å². The number of carbonyl (C=O) groups excluding carboxylic acids is 1. The van der Waals surface area contributed by atoms with Gasteiger partial charge in [0.15, 0.2) is 11.5 Å². The summed E-state index contributed by atoms with van der Waals surface area (Å²) < 4.78 is 18.2. The molecule has 0 spiro atoms. The molecule has 0 unspecified atom stereocenters. The minimum atomic E-state index is 0.0315.